The van der Waals surface area contributed by atoms with Gasteiger partial charge < -0.3 is 0 Å². The van der Waals surface area contributed by atoms with Gasteiger partial charge in [0.15, 0.2) is 0 Å². The molecule has 1 heterocycles. The zero-order valence-corrected chi connectivity index (χ0v) is 6.25. The monoisotopic (exact) mass is 153 g/mol. The Morgan fingerprint density at radius 3 is 2.90 bits per heavy atom. The summed E-state index contributed by atoms with van der Waals surface area (Å²) >= 11 is 5.86. The van der Waals surface area contributed by atoms with Crippen molar-refractivity contribution in [2.24, 2.45) is 0 Å². The standard InChI is InChI=1S/C8H8ClN/c9-8-4-7(8)6-2-1-3-10-5-6/h1-3,5,7-8H,4H2. The van der Waals surface area contributed by atoms with Crippen LogP contribution in [-0.4, -0.2) is 10.4 Å². The molecule has 0 amide bonds. The third kappa shape index (κ3) is 1.01. The number of pyridine rings is 1. The van der Waals surface area contributed by atoms with Gasteiger partial charge in [-0.05, 0) is 18.1 Å². The first-order valence-corrected chi connectivity index (χ1v) is 3.85. The minimum atomic E-state index is 0.365. The van der Waals surface area contributed by atoms with Gasteiger partial charge in [-0.2, -0.15) is 0 Å². The summed E-state index contributed by atoms with van der Waals surface area (Å²) in [6.07, 6.45) is 4.80. The molecule has 2 unspecified atom stereocenters. The van der Waals surface area contributed by atoms with Crippen LogP contribution in [-0.2, 0) is 0 Å². The molecule has 0 bridgehead atoms. The average molecular weight is 154 g/mol. The van der Waals surface area contributed by atoms with Gasteiger partial charge in [0.25, 0.3) is 0 Å². The Morgan fingerprint density at radius 2 is 2.40 bits per heavy atom. The van der Waals surface area contributed by atoms with Crippen LogP contribution in [0.4, 0.5) is 0 Å². The lowest BCUT2D eigenvalue weighted by Gasteiger charge is -1.92. The average Bonchev–Trinajstić information content (AvgIpc) is 2.69. The molecule has 1 aromatic heterocycles. The topological polar surface area (TPSA) is 12.9 Å². The summed E-state index contributed by atoms with van der Waals surface area (Å²) in [6.45, 7) is 0. The maximum atomic E-state index is 5.86. The van der Waals surface area contributed by atoms with Crippen molar-refractivity contribution in [1.29, 1.82) is 0 Å². The second kappa shape index (κ2) is 2.24. The van der Waals surface area contributed by atoms with Gasteiger partial charge >= 0.3 is 0 Å². The number of alkyl halides is 1. The summed E-state index contributed by atoms with van der Waals surface area (Å²) in [4.78, 5) is 4.02. The molecule has 1 aliphatic rings. The molecule has 1 aliphatic carbocycles. The van der Waals surface area contributed by atoms with Gasteiger partial charge in [0.1, 0.15) is 0 Å². The molecular formula is C8H8ClN. The number of hydrogen-bond acceptors (Lipinski definition) is 1. The summed E-state index contributed by atoms with van der Waals surface area (Å²) in [6, 6.07) is 4.04. The molecule has 10 heavy (non-hydrogen) atoms. The first-order valence-electron chi connectivity index (χ1n) is 3.42. The van der Waals surface area contributed by atoms with E-state index in [4.69, 9.17) is 11.6 Å². The molecule has 2 rings (SSSR count). The Balaban J connectivity index is 2.20. The normalized spacial score (nSPS) is 30.1. The van der Waals surface area contributed by atoms with Crippen LogP contribution in [0.5, 0.6) is 0 Å². The Hall–Kier alpha value is -0.560. The molecular weight excluding hydrogens is 146 g/mol. The first kappa shape index (κ1) is 6.17. The Labute approximate surface area is 65.0 Å². The molecule has 2 heteroatoms. The minimum absolute atomic E-state index is 0.365. The highest BCUT2D eigenvalue weighted by Crippen LogP contribution is 2.44. The number of rotatable bonds is 1. The molecule has 0 aliphatic heterocycles. The van der Waals surface area contributed by atoms with Crippen LogP contribution in [0.25, 0.3) is 0 Å². The van der Waals surface area contributed by atoms with E-state index >= 15 is 0 Å². The Morgan fingerprint density at radius 1 is 1.60 bits per heavy atom. The van der Waals surface area contributed by atoms with Crippen molar-refractivity contribution in [3.8, 4) is 0 Å². The fourth-order valence-corrected chi connectivity index (χ4v) is 1.44. The highest BCUT2D eigenvalue weighted by molar-refractivity contribution is 6.23. The van der Waals surface area contributed by atoms with Crippen molar-refractivity contribution in [1.82, 2.24) is 4.98 Å². The van der Waals surface area contributed by atoms with Gasteiger partial charge in [-0.1, -0.05) is 6.07 Å². The van der Waals surface area contributed by atoms with Crippen LogP contribution in [0.2, 0.25) is 0 Å². The Bertz CT molecular complexity index is 222. The van der Waals surface area contributed by atoms with Crippen molar-refractivity contribution >= 4 is 11.6 Å². The third-order valence-corrected chi connectivity index (χ3v) is 2.31. The summed E-state index contributed by atoms with van der Waals surface area (Å²) in [5.41, 5.74) is 1.28. The van der Waals surface area contributed by atoms with Gasteiger partial charge in [-0.25, -0.2) is 0 Å². The van der Waals surface area contributed by atoms with Crippen LogP contribution in [0.3, 0.4) is 0 Å². The van der Waals surface area contributed by atoms with Crippen molar-refractivity contribution in [3.63, 3.8) is 0 Å². The minimum Gasteiger partial charge on any atom is -0.264 e. The highest BCUT2D eigenvalue weighted by atomic mass is 35.5. The summed E-state index contributed by atoms with van der Waals surface area (Å²) in [5.74, 6) is 0.579. The van der Waals surface area contributed by atoms with Crippen LogP contribution >= 0.6 is 11.6 Å². The van der Waals surface area contributed by atoms with Crippen molar-refractivity contribution in [3.05, 3.63) is 30.1 Å². The molecule has 1 fully saturated rings. The predicted molar refractivity (Wildman–Crippen MR) is 41.2 cm³/mol. The zero-order valence-electron chi connectivity index (χ0n) is 5.50. The molecule has 0 aromatic carbocycles. The number of hydrogen-bond donors (Lipinski definition) is 0. The highest BCUT2D eigenvalue weighted by Gasteiger charge is 2.36. The lowest BCUT2D eigenvalue weighted by molar-refractivity contribution is 1.09. The van der Waals surface area contributed by atoms with Crippen molar-refractivity contribution in [2.75, 3.05) is 0 Å². The smallest absolute Gasteiger partial charge is 0.0412 e. The van der Waals surface area contributed by atoms with Crippen molar-refractivity contribution < 1.29 is 0 Å². The number of halogens is 1. The van der Waals surface area contributed by atoms with E-state index in [2.05, 4.69) is 11.1 Å². The molecule has 1 saturated carbocycles. The second-order valence-electron chi connectivity index (χ2n) is 2.64. The van der Waals surface area contributed by atoms with E-state index in [1.165, 1.54) is 5.56 Å². The fourth-order valence-electron chi connectivity index (χ4n) is 1.10. The summed E-state index contributed by atoms with van der Waals surface area (Å²) < 4.78 is 0. The van der Waals surface area contributed by atoms with Crippen LogP contribution in [0.15, 0.2) is 24.5 Å². The zero-order chi connectivity index (χ0) is 6.97. The van der Waals surface area contributed by atoms with Gasteiger partial charge in [-0.15, -0.1) is 11.6 Å². The van der Waals surface area contributed by atoms with Crippen LogP contribution in [0, 0.1) is 0 Å². The maximum Gasteiger partial charge on any atom is 0.0412 e. The van der Waals surface area contributed by atoms with Gasteiger partial charge in [0.05, 0.1) is 0 Å². The van der Waals surface area contributed by atoms with E-state index in [-0.39, 0.29) is 0 Å². The molecule has 1 aromatic rings. The van der Waals surface area contributed by atoms with E-state index in [0.717, 1.165) is 6.42 Å². The maximum absolute atomic E-state index is 5.86. The predicted octanol–water partition coefficient (Wildman–Crippen LogP) is 2.18. The molecule has 0 spiro atoms. The first-order chi connectivity index (χ1) is 4.88. The third-order valence-electron chi connectivity index (χ3n) is 1.83. The van der Waals surface area contributed by atoms with E-state index in [9.17, 15) is 0 Å². The molecule has 0 saturated heterocycles. The molecule has 0 radical (unpaired) electrons. The van der Waals surface area contributed by atoms with Crippen LogP contribution in [0.1, 0.15) is 17.9 Å². The van der Waals surface area contributed by atoms with Crippen molar-refractivity contribution in [2.45, 2.75) is 17.7 Å². The van der Waals surface area contributed by atoms with Crippen LogP contribution < -0.4 is 0 Å². The Kier molecular flexibility index (Phi) is 1.38. The number of aromatic nitrogens is 1. The second-order valence-corrected chi connectivity index (χ2v) is 3.21. The SMILES string of the molecule is ClC1CC1c1cccnc1. The van der Waals surface area contributed by atoms with Gasteiger partial charge in [0.2, 0.25) is 0 Å². The largest absolute Gasteiger partial charge is 0.264 e. The van der Waals surface area contributed by atoms with E-state index < -0.39 is 0 Å². The summed E-state index contributed by atoms with van der Waals surface area (Å²) in [7, 11) is 0. The molecule has 52 valence electrons. The number of nitrogens with zero attached hydrogens (tertiary/aromatic N) is 1. The molecule has 1 nitrogen and oxygen atoms in total. The molecule has 2 atom stereocenters. The van der Waals surface area contributed by atoms with Gasteiger partial charge in [0, 0.05) is 23.7 Å². The lowest BCUT2D eigenvalue weighted by Crippen LogP contribution is -1.81. The van der Waals surface area contributed by atoms with E-state index in [0.29, 0.717) is 11.3 Å². The fraction of sp³-hybridized carbons (Fsp3) is 0.375. The lowest BCUT2D eigenvalue weighted by atomic mass is 10.2. The quantitative estimate of drug-likeness (QED) is 0.564. The summed E-state index contributed by atoms with van der Waals surface area (Å²) in [5, 5.41) is 0.365. The van der Waals surface area contributed by atoms with Gasteiger partial charge in [-0.3, -0.25) is 4.98 Å². The van der Waals surface area contributed by atoms with E-state index in [1.54, 1.807) is 6.20 Å². The van der Waals surface area contributed by atoms with E-state index in [1.807, 2.05) is 12.3 Å². The molecule has 0 N–H and O–H groups in total.